The predicted molar refractivity (Wildman–Crippen MR) is 121 cm³/mol. The number of carbonyl (C=O) groups is 1. The summed E-state index contributed by atoms with van der Waals surface area (Å²) in [4.78, 5) is 17.2. The summed E-state index contributed by atoms with van der Waals surface area (Å²) in [5.41, 5.74) is 5.21. The number of halogens is 1. The van der Waals surface area contributed by atoms with Crippen LogP contribution in [0.1, 0.15) is 21.7 Å². The zero-order valence-corrected chi connectivity index (χ0v) is 18.2. The van der Waals surface area contributed by atoms with Crippen molar-refractivity contribution in [2.24, 2.45) is 7.05 Å². The van der Waals surface area contributed by atoms with Gasteiger partial charge in [-0.1, -0.05) is 23.7 Å². The molecule has 0 aliphatic heterocycles. The molecule has 1 aromatic carbocycles. The zero-order chi connectivity index (χ0) is 22.2. The SMILES string of the molecule is Cc1c(-c2ccnc3cc(C(=O)Nc4cnn(Cc5ccc(Cl)cc5)c4)nn23)cnn1C. The summed E-state index contributed by atoms with van der Waals surface area (Å²) in [7, 11) is 1.88. The summed E-state index contributed by atoms with van der Waals surface area (Å²) < 4.78 is 5.19. The number of anilines is 1. The summed E-state index contributed by atoms with van der Waals surface area (Å²) in [6, 6.07) is 11.1. The van der Waals surface area contributed by atoms with Gasteiger partial charge in [0, 0.05) is 41.8 Å². The second-order valence-electron chi connectivity index (χ2n) is 7.40. The molecule has 0 aliphatic carbocycles. The molecule has 4 aromatic heterocycles. The van der Waals surface area contributed by atoms with Crippen molar-refractivity contribution in [3.8, 4) is 11.3 Å². The molecule has 10 heteroatoms. The first-order valence-corrected chi connectivity index (χ1v) is 10.3. The number of fused-ring (bicyclic) bond motifs is 1. The van der Waals surface area contributed by atoms with E-state index in [9.17, 15) is 4.79 Å². The van der Waals surface area contributed by atoms with Crippen molar-refractivity contribution in [1.29, 1.82) is 0 Å². The molecule has 9 nitrogen and oxygen atoms in total. The maximum Gasteiger partial charge on any atom is 0.276 e. The van der Waals surface area contributed by atoms with E-state index >= 15 is 0 Å². The van der Waals surface area contributed by atoms with Crippen LogP contribution in [-0.2, 0) is 13.6 Å². The molecular weight excluding hydrogens is 428 g/mol. The Morgan fingerprint density at radius 3 is 2.69 bits per heavy atom. The van der Waals surface area contributed by atoms with E-state index in [2.05, 4.69) is 25.6 Å². The molecule has 0 saturated carbocycles. The van der Waals surface area contributed by atoms with Gasteiger partial charge < -0.3 is 5.32 Å². The Hall–Kier alpha value is -3.98. The summed E-state index contributed by atoms with van der Waals surface area (Å²) >= 11 is 5.93. The second-order valence-corrected chi connectivity index (χ2v) is 7.84. The number of hydrogen-bond donors (Lipinski definition) is 1. The van der Waals surface area contributed by atoms with E-state index in [-0.39, 0.29) is 11.6 Å². The lowest BCUT2D eigenvalue weighted by molar-refractivity contribution is 0.102. The number of hydrogen-bond acceptors (Lipinski definition) is 5. The Morgan fingerprint density at radius 2 is 1.94 bits per heavy atom. The monoisotopic (exact) mass is 446 g/mol. The molecule has 0 atom stereocenters. The van der Waals surface area contributed by atoms with E-state index in [1.807, 2.05) is 44.3 Å². The quantitative estimate of drug-likeness (QED) is 0.445. The van der Waals surface area contributed by atoms with E-state index < -0.39 is 0 Å². The fourth-order valence-electron chi connectivity index (χ4n) is 3.45. The average molecular weight is 447 g/mol. The van der Waals surface area contributed by atoms with Gasteiger partial charge in [0.2, 0.25) is 0 Å². The predicted octanol–water partition coefficient (Wildman–Crippen LogP) is 3.59. The molecule has 5 rings (SSSR count). The van der Waals surface area contributed by atoms with Crippen LogP contribution in [0.15, 0.2) is 61.2 Å². The van der Waals surface area contributed by atoms with Gasteiger partial charge in [0.05, 0.1) is 30.3 Å². The van der Waals surface area contributed by atoms with Crippen LogP contribution < -0.4 is 5.32 Å². The van der Waals surface area contributed by atoms with Crippen LogP contribution in [0.25, 0.3) is 16.9 Å². The lowest BCUT2D eigenvalue weighted by Gasteiger charge is -2.03. The van der Waals surface area contributed by atoms with E-state index in [1.54, 1.807) is 44.7 Å². The van der Waals surface area contributed by atoms with Gasteiger partial charge in [-0.05, 0) is 30.7 Å². The van der Waals surface area contributed by atoms with Gasteiger partial charge in [-0.3, -0.25) is 14.2 Å². The van der Waals surface area contributed by atoms with Gasteiger partial charge in [-0.25, -0.2) is 9.50 Å². The molecule has 0 aliphatic rings. The third-order valence-corrected chi connectivity index (χ3v) is 5.50. The molecule has 160 valence electrons. The molecule has 0 fully saturated rings. The number of benzene rings is 1. The highest BCUT2D eigenvalue weighted by Crippen LogP contribution is 2.23. The number of amides is 1. The van der Waals surface area contributed by atoms with E-state index in [0.29, 0.717) is 22.9 Å². The molecule has 0 saturated heterocycles. The number of aryl methyl sites for hydroxylation is 1. The third-order valence-electron chi connectivity index (χ3n) is 5.25. The number of nitrogens with zero attached hydrogens (tertiary/aromatic N) is 7. The lowest BCUT2D eigenvalue weighted by atomic mass is 10.2. The molecule has 32 heavy (non-hydrogen) atoms. The van der Waals surface area contributed by atoms with Gasteiger partial charge in [0.1, 0.15) is 0 Å². The van der Waals surface area contributed by atoms with Crippen molar-refractivity contribution in [3.05, 3.63) is 83.2 Å². The highest BCUT2D eigenvalue weighted by molar-refractivity contribution is 6.30. The van der Waals surface area contributed by atoms with Crippen LogP contribution in [0, 0.1) is 6.92 Å². The summed E-state index contributed by atoms with van der Waals surface area (Å²) in [6.07, 6.45) is 6.85. The Bertz CT molecular complexity index is 1430. The second kappa shape index (κ2) is 7.93. The average Bonchev–Trinajstić information content (AvgIpc) is 3.49. The van der Waals surface area contributed by atoms with Crippen molar-refractivity contribution in [1.82, 2.24) is 34.2 Å². The van der Waals surface area contributed by atoms with Crippen LogP contribution >= 0.6 is 11.6 Å². The summed E-state index contributed by atoms with van der Waals surface area (Å²) in [6.45, 7) is 2.55. The third kappa shape index (κ3) is 3.74. The van der Waals surface area contributed by atoms with Gasteiger partial charge in [0.25, 0.3) is 5.91 Å². The first kappa shape index (κ1) is 20.0. The Balaban J connectivity index is 1.36. The molecule has 0 spiro atoms. The molecule has 0 bridgehead atoms. The fourth-order valence-corrected chi connectivity index (χ4v) is 3.57. The Kier molecular flexibility index (Phi) is 4.95. The highest BCUT2D eigenvalue weighted by Gasteiger charge is 2.17. The van der Waals surface area contributed by atoms with E-state index in [0.717, 1.165) is 22.5 Å². The largest absolute Gasteiger partial charge is 0.318 e. The van der Waals surface area contributed by atoms with E-state index in [4.69, 9.17) is 11.6 Å². The van der Waals surface area contributed by atoms with Gasteiger partial charge in [0.15, 0.2) is 11.3 Å². The normalized spacial score (nSPS) is 11.2. The summed E-state index contributed by atoms with van der Waals surface area (Å²) in [5.74, 6) is -0.338. The Morgan fingerprint density at radius 1 is 1.12 bits per heavy atom. The lowest BCUT2D eigenvalue weighted by Crippen LogP contribution is -2.12. The van der Waals surface area contributed by atoms with Crippen LogP contribution in [-0.4, -0.2) is 40.1 Å². The van der Waals surface area contributed by atoms with Crippen molar-refractivity contribution in [2.45, 2.75) is 13.5 Å². The molecule has 1 N–H and O–H groups in total. The van der Waals surface area contributed by atoms with Crippen molar-refractivity contribution in [3.63, 3.8) is 0 Å². The maximum atomic E-state index is 12.8. The minimum Gasteiger partial charge on any atom is -0.318 e. The molecule has 4 heterocycles. The minimum absolute atomic E-state index is 0.261. The van der Waals surface area contributed by atoms with Gasteiger partial charge in [-0.15, -0.1) is 0 Å². The van der Waals surface area contributed by atoms with E-state index in [1.165, 1.54) is 0 Å². The number of nitrogens with one attached hydrogen (secondary N) is 1. The van der Waals surface area contributed by atoms with Gasteiger partial charge in [-0.2, -0.15) is 15.3 Å². The number of carbonyl (C=O) groups excluding carboxylic acids is 1. The summed E-state index contributed by atoms with van der Waals surface area (Å²) in [5, 5.41) is 16.6. The molecule has 1 amide bonds. The first-order valence-electron chi connectivity index (χ1n) is 9.90. The molecule has 0 radical (unpaired) electrons. The van der Waals surface area contributed by atoms with Gasteiger partial charge >= 0.3 is 0 Å². The molecular formula is C22H19ClN8O. The van der Waals surface area contributed by atoms with Crippen LogP contribution in [0.2, 0.25) is 5.02 Å². The Labute approximate surface area is 188 Å². The molecule has 5 aromatic rings. The highest BCUT2D eigenvalue weighted by atomic mass is 35.5. The topological polar surface area (TPSA) is 94.9 Å². The number of aromatic nitrogens is 7. The standard InChI is InChI=1S/C22H19ClN8O/c1-14-18(11-25-29(14)2)20-7-8-24-21-9-19(28-31(20)21)22(32)27-17-10-26-30(13-17)12-15-3-5-16(23)6-4-15/h3-11,13H,12H2,1-2H3,(H,27,32). The maximum absolute atomic E-state index is 12.8. The van der Waals surface area contributed by atoms with Crippen molar-refractivity contribution in [2.75, 3.05) is 5.32 Å². The van der Waals surface area contributed by atoms with Crippen molar-refractivity contribution >= 4 is 28.8 Å². The van der Waals surface area contributed by atoms with Crippen LogP contribution in [0.3, 0.4) is 0 Å². The minimum atomic E-state index is -0.338. The fraction of sp³-hybridized carbons (Fsp3) is 0.136. The molecule has 0 unspecified atom stereocenters. The number of rotatable bonds is 5. The van der Waals surface area contributed by atoms with Crippen molar-refractivity contribution < 1.29 is 4.79 Å². The van der Waals surface area contributed by atoms with Crippen LogP contribution in [0.4, 0.5) is 5.69 Å². The first-order chi connectivity index (χ1) is 15.5. The zero-order valence-electron chi connectivity index (χ0n) is 17.4. The van der Waals surface area contributed by atoms with Crippen LogP contribution in [0.5, 0.6) is 0 Å². The smallest absolute Gasteiger partial charge is 0.276 e.